The summed E-state index contributed by atoms with van der Waals surface area (Å²) in [6.07, 6.45) is 5.37. The van der Waals surface area contributed by atoms with Crippen molar-refractivity contribution in [2.45, 2.75) is 64.1 Å². The summed E-state index contributed by atoms with van der Waals surface area (Å²) in [7, 11) is 0. The van der Waals surface area contributed by atoms with Gasteiger partial charge in [-0.05, 0) is 57.2 Å². The summed E-state index contributed by atoms with van der Waals surface area (Å²) in [5, 5.41) is 3.58. The van der Waals surface area contributed by atoms with Crippen molar-refractivity contribution in [2.24, 2.45) is 0 Å². The molecule has 2 atom stereocenters. The largest absolute Gasteiger partial charge is 0.363 e. The number of hydrogen-bond acceptors (Lipinski definition) is 2. The number of halogens is 2. The fourth-order valence-corrected chi connectivity index (χ4v) is 3.92. The van der Waals surface area contributed by atoms with Crippen LogP contribution in [0.4, 0.5) is 14.5 Å². The summed E-state index contributed by atoms with van der Waals surface area (Å²) in [5.41, 5.74) is 0.836. The second-order valence-electron chi connectivity index (χ2n) is 6.47. The minimum atomic E-state index is -0.308. The van der Waals surface area contributed by atoms with Crippen molar-refractivity contribution in [3.8, 4) is 0 Å². The fraction of sp³-hybridized carbons (Fsp3) is 0.647. The Bertz CT molecular complexity index is 504. The van der Waals surface area contributed by atoms with Gasteiger partial charge in [0.05, 0.1) is 5.69 Å². The van der Waals surface area contributed by atoms with Gasteiger partial charge in [0.15, 0.2) is 0 Å². The Balaban J connectivity index is 1.81. The molecule has 2 fully saturated rings. The molecule has 0 aliphatic carbocycles. The molecule has 2 heterocycles. The molecular weight excluding hydrogens is 270 g/mol. The zero-order valence-corrected chi connectivity index (χ0v) is 12.8. The first-order chi connectivity index (χ1) is 10.1. The van der Waals surface area contributed by atoms with Crippen molar-refractivity contribution < 1.29 is 8.78 Å². The molecule has 0 radical (unpaired) electrons. The first-order valence-corrected chi connectivity index (χ1v) is 8.07. The molecule has 2 aliphatic rings. The number of nitrogens with zero attached hydrogens (tertiary/aromatic N) is 1. The zero-order chi connectivity index (χ0) is 15.0. The first kappa shape index (κ1) is 14.8. The number of piperidine rings is 1. The SMILES string of the molecule is CCCNC1CC2CCC(C1)N2c1cc(F)c(C)cc1F. The Morgan fingerprint density at radius 3 is 2.43 bits per heavy atom. The molecule has 4 heteroatoms. The zero-order valence-electron chi connectivity index (χ0n) is 12.8. The van der Waals surface area contributed by atoms with Gasteiger partial charge in [0.25, 0.3) is 0 Å². The smallest absolute Gasteiger partial charge is 0.146 e. The molecule has 2 unspecified atom stereocenters. The summed E-state index contributed by atoms with van der Waals surface area (Å²) in [5.74, 6) is -0.595. The predicted octanol–water partition coefficient (Wildman–Crippen LogP) is 3.77. The molecule has 1 aromatic carbocycles. The van der Waals surface area contributed by atoms with Crippen LogP contribution in [0, 0.1) is 18.6 Å². The molecule has 0 aromatic heterocycles. The Hall–Kier alpha value is -1.16. The third kappa shape index (κ3) is 2.78. The van der Waals surface area contributed by atoms with Crippen LogP contribution in [-0.2, 0) is 0 Å². The maximum atomic E-state index is 14.3. The number of anilines is 1. The van der Waals surface area contributed by atoms with Crippen molar-refractivity contribution in [1.82, 2.24) is 5.32 Å². The topological polar surface area (TPSA) is 15.3 Å². The second kappa shape index (κ2) is 5.91. The highest BCUT2D eigenvalue weighted by atomic mass is 19.1. The lowest BCUT2D eigenvalue weighted by Crippen LogP contribution is -2.49. The molecule has 1 aromatic rings. The summed E-state index contributed by atoms with van der Waals surface area (Å²) in [6.45, 7) is 4.82. The molecule has 1 N–H and O–H groups in total. The summed E-state index contributed by atoms with van der Waals surface area (Å²) in [6, 6.07) is 3.92. The van der Waals surface area contributed by atoms with Crippen LogP contribution >= 0.6 is 0 Å². The molecule has 2 saturated heterocycles. The van der Waals surface area contributed by atoms with E-state index in [-0.39, 0.29) is 11.6 Å². The second-order valence-corrected chi connectivity index (χ2v) is 6.47. The van der Waals surface area contributed by atoms with Crippen LogP contribution in [0.25, 0.3) is 0 Å². The number of rotatable bonds is 4. The molecule has 2 nitrogen and oxygen atoms in total. The highest BCUT2D eigenvalue weighted by molar-refractivity contribution is 5.53. The molecule has 116 valence electrons. The van der Waals surface area contributed by atoms with Crippen molar-refractivity contribution in [3.63, 3.8) is 0 Å². The Kier molecular flexibility index (Phi) is 4.16. The van der Waals surface area contributed by atoms with Crippen LogP contribution in [0.15, 0.2) is 12.1 Å². The minimum absolute atomic E-state index is 0.286. The fourth-order valence-electron chi connectivity index (χ4n) is 3.92. The Labute approximate surface area is 125 Å². The Morgan fingerprint density at radius 1 is 1.14 bits per heavy atom. The minimum Gasteiger partial charge on any atom is -0.363 e. The van der Waals surface area contributed by atoms with Crippen LogP contribution in [0.2, 0.25) is 0 Å². The van der Waals surface area contributed by atoms with Gasteiger partial charge in [-0.15, -0.1) is 0 Å². The van der Waals surface area contributed by atoms with Crippen molar-refractivity contribution in [1.29, 1.82) is 0 Å². The summed E-state index contributed by atoms with van der Waals surface area (Å²) < 4.78 is 28.1. The molecule has 0 saturated carbocycles. The van der Waals surface area contributed by atoms with E-state index in [1.165, 1.54) is 12.1 Å². The normalized spacial score (nSPS) is 28.2. The average Bonchev–Trinajstić information content (AvgIpc) is 2.71. The number of hydrogen-bond donors (Lipinski definition) is 1. The summed E-state index contributed by atoms with van der Waals surface area (Å²) in [4.78, 5) is 2.14. The van der Waals surface area contributed by atoms with E-state index < -0.39 is 0 Å². The predicted molar refractivity (Wildman–Crippen MR) is 81.7 cm³/mol. The van der Waals surface area contributed by atoms with Crippen LogP contribution in [-0.4, -0.2) is 24.7 Å². The van der Waals surface area contributed by atoms with Crippen LogP contribution in [0.3, 0.4) is 0 Å². The van der Waals surface area contributed by atoms with Gasteiger partial charge in [-0.25, -0.2) is 8.78 Å². The lowest BCUT2D eigenvalue weighted by Gasteiger charge is -2.41. The van der Waals surface area contributed by atoms with Gasteiger partial charge >= 0.3 is 0 Å². The number of benzene rings is 1. The van der Waals surface area contributed by atoms with E-state index in [4.69, 9.17) is 0 Å². The maximum absolute atomic E-state index is 14.3. The lowest BCUT2D eigenvalue weighted by molar-refractivity contribution is 0.354. The van der Waals surface area contributed by atoms with Crippen LogP contribution < -0.4 is 10.2 Å². The van der Waals surface area contributed by atoms with E-state index in [9.17, 15) is 8.78 Å². The van der Waals surface area contributed by atoms with Gasteiger partial charge in [0, 0.05) is 24.2 Å². The first-order valence-electron chi connectivity index (χ1n) is 8.07. The average molecular weight is 294 g/mol. The van der Waals surface area contributed by atoms with Crippen molar-refractivity contribution in [2.75, 3.05) is 11.4 Å². The van der Waals surface area contributed by atoms with E-state index in [1.54, 1.807) is 6.92 Å². The van der Waals surface area contributed by atoms with E-state index in [0.717, 1.165) is 38.6 Å². The van der Waals surface area contributed by atoms with Gasteiger partial charge in [0.2, 0.25) is 0 Å². The molecule has 2 aliphatic heterocycles. The molecular formula is C17H24F2N2. The Morgan fingerprint density at radius 2 is 1.81 bits per heavy atom. The van der Waals surface area contributed by atoms with Crippen LogP contribution in [0.1, 0.15) is 44.6 Å². The monoisotopic (exact) mass is 294 g/mol. The maximum Gasteiger partial charge on any atom is 0.146 e. The third-order valence-corrected chi connectivity index (χ3v) is 4.92. The van der Waals surface area contributed by atoms with Crippen molar-refractivity contribution >= 4 is 5.69 Å². The van der Waals surface area contributed by atoms with Gasteiger partial charge in [-0.3, -0.25) is 0 Å². The molecule has 0 spiro atoms. The number of aryl methyl sites for hydroxylation is 1. The number of nitrogens with one attached hydrogen (secondary N) is 1. The van der Waals surface area contributed by atoms with Gasteiger partial charge in [0.1, 0.15) is 11.6 Å². The quantitative estimate of drug-likeness (QED) is 0.909. The van der Waals surface area contributed by atoms with E-state index >= 15 is 0 Å². The summed E-state index contributed by atoms with van der Waals surface area (Å²) >= 11 is 0. The third-order valence-electron chi connectivity index (χ3n) is 4.92. The van der Waals surface area contributed by atoms with E-state index in [2.05, 4.69) is 17.1 Å². The molecule has 0 amide bonds. The van der Waals surface area contributed by atoms with Crippen molar-refractivity contribution in [3.05, 3.63) is 29.3 Å². The highest BCUT2D eigenvalue weighted by Crippen LogP contribution is 2.40. The molecule has 3 rings (SSSR count). The molecule has 2 bridgehead atoms. The standard InChI is InChI=1S/C17H24F2N2/c1-3-6-20-12-8-13-4-5-14(9-12)21(13)17-10-15(18)11(2)7-16(17)19/h7,10,12-14,20H,3-6,8-9H2,1-2H3. The van der Waals surface area contributed by atoms with E-state index in [0.29, 0.717) is 29.4 Å². The van der Waals surface area contributed by atoms with Gasteiger partial charge < -0.3 is 10.2 Å². The van der Waals surface area contributed by atoms with Gasteiger partial charge in [-0.2, -0.15) is 0 Å². The molecule has 21 heavy (non-hydrogen) atoms. The van der Waals surface area contributed by atoms with Gasteiger partial charge in [-0.1, -0.05) is 6.92 Å². The highest BCUT2D eigenvalue weighted by Gasteiger charge is 2.41. The number of fused-ring (bicyclic) bond motifs is 2. The lowest BCUT2D eigenvalue weighted by atomic mass is 9.96. The van der Waals surface area contributed by atoms with Crippen LogP contribution in [0.5, 0.6) is 0 Å². The van der Waals surface area contributed by atoms with E-state index in [1.807, 2.05) is 0 Å².